The number of para-hydroxylation sites is 1. The minimum atomic E-state index is 0.0365. The van der Waals surface area contributed by atoms with E-state index < -0.39 is 0 Å². The van der Waals surface area contributed by atoms with Crippen molar-refractivity contribution in [2.45, 2.75) is 12.3 Å². The van der Waals surface area contributed by atoms with E-state index in [1.165, 1.54) is 4.63 Å². The maximum atomic E-state index is 11.8. The Kier molecular flexibility index (Phi) is 2.92. The number of benzene rings is 1. The van der Waals surface area contributed by atoms with E-state index in [2.05, 4.69) is 31.3 Å². The Morgan fingerprint density at radius 3 is 3.14 bits per heavy atom. The van der Waals surface area contributed by atoms with Gasteiger partial charge >= 0.3 is 0 Å². The van der Waals surface area contributed by atoms with E-state index in [1.807, 2.05) is 30.3 Å². The number of carbonyl (C=O) groups is 1. The number of nitrogens with one attached hydrogen (secondary N) is 2. The average Bonchev–Trinajstić information content (AvgIpc) is 3.00. The van der Waals surface area contributed by atoms with Gasteiger partial charge in [-0.2, -0.15) is 0 Å². The van der Waals surface area contributed by atoms with Gasteiger partial charge in [-0.15, -0.1) is 14.8 Å². The Bertz CT molecular complexity index is 844. The van der Waals surface area contributed by atoms with Gasteiger partial charge in [0, 0.05) is 24.6 Å². The number of carbonyl (C=O) groups excluding carboxylic acids is 1. The molecule has 8 heteroatoms. The number of anilines is 2. The number of aromatic nitrogens is 5. The van der Waals surface area contributed by atoms with Crippen molar-refractivity contribution in [3.63, 3.8) is 0 Å². The maximum Gasteiger partial charge on any atom is 0.225 e. The highest BCUT2D eigenvalue weighted by atomic mass is 16.1. The molecule has 4 rings (SSSR count). The van der Waals surface area contributed by atoms with Gasteiger partial charge in [0.25, 0.3) is 0 Å². The lowest BCUT2D eigenvalue weighted by molar-refractivity contribution is -0.116. The second-order valence-electron chi connectivity index (χ2n) is 5.16. The van der Waals surface area contributed by atoms with Crippen LogP contribution in [0.2, 0.25) is 0 Å². The van der Waals surface area contributed by atoms with E-state index in [-0.39, 0.29) is 11.8 Å². The Labute approximate surface area is 125 Å². The molecule has 22 heavy (non-hydrogen) atoms. The predicted octanol–water partition coefficient (Wildman–Crippen LogP) is 1.06. The first-order chi connectivity index (χ1) is 10.8. The predicted molar refractivity (Wildman–Crippen MR) is 79.5 cm³/mol. The molecule has 3 aromatic rings. The minimum absolute atomic E-state index is 0.0365. The highest BCUT2D eigenvalue weighted by Crippen LogP contribution is 2.31. The number of hydrogen-bond acceptors (Lipinski definition) is 6. The van der Waals surface area contributed by atoms with Crippen molar-refractivity contribution < 1.29 is 4.79 Å². The summed E-state index contributed by atoms with van der Waals surface area (Å²) in [6.07, 6.45) is 0.455. The molecule has 110 valence electrons. The molecular formula is C14H13N7O. The Morgan fingerprint density at radius 2 is 2.18 bits per heavy atom. The van der Waals surface area contributed by atoms with E-state index >= 15 is 0 Å². The quantitative estimate of drug-likeness (QED) is 0.750. The highest BCUT2D eigenvalue weighted by Gasteiger charge is 2.24. The molecule has 1 aromatic carbocycles. The van der Waals surface area contributed by atoms with Gasteiger partial charge in [-0.3, -0.25) is 4.79 Å². The summed E-state index contributed by atoms with van der Waals surface area (Å²) in [5, 5.41) is 21.5. The fourth-order valence-corrected chi connectivity index (χ4v) is 2.66. The fraction of sp³-hybridized carbons (Fsp3) is 0.214. The van der Waals surface area contributed by atoms with Gasteiger partial charge in [0.1, 0.15) is 5.82 Å². The van der Waals surface area contributed by atoms with Crippen LogP contribution < -0.4 is 10.6 Å². The van der Waals surface area contributed by atoms with Crippen LogP contribution in [0, 0.1) is 0 Å². The number of hydrogen-bond donors (Lipinski definition) is 2. The van der Waals surface area contributed by atoms with Crippen LogP contribution in [0.4, 0.5) is 11.5 Å². The van der Waals surface area contributed by atoms with Crippen LogP contribution in [0.3, 0.4) is 0 Å². The van der Waals surface area contributed by atoms with E-state index in [1.54, 1.807) is 6.07 Å². The summed E-state index contributed by atoms with van der Waals surface area (Å²) in [5.41, 5.74) is 2.61. The average molecular weight is 295 g/mol. The van der Waals surface area contributed by atoms with Crippen molar-refractivity contribution in [3.05, 3.63) is 42.0 Å². The van der Waals surface area contributed by atoms with Crippen LogP contribution in [-0.4, -0.2) is 37.7 Å². The van der Waals surface area contributed by atoms with Crippen LogP contribution in [-0.2, 0) is 4.79 Å². The number of rotatable bonds is 3. The second kappa shape index (κ2) is 5.06. The lowest BCUT2D eigenvalue weighted by Crippen LogP contribution is -2.27. The molecule has 1 atom stereocenters. The number of nitrogens with zero attached hydrogens (tertiary/aromatic N) is 5. The minimum Gasteiger partial charge on any atom is -0.368 e. The van der Waals surface area contributed by atoms with Gasteiger partial charge in [-0.1, -0.05) is 18.2 Å². The summed E-state index contributed by atoms with van der Waals surface area (Å²) in [4.78, 5) is 11.8. The second-order valence-corrected chi connectivity index (χ2v) is 5.16. The standard InChI is InChI=1S/C14H13N7O/c22-14-7-9(10-3-1-2-4-11(10)16-14)8-15-12-5-6-13-17-19-20-21(13)18-12/h1-6,9H,7-8H2,(H,15,18)(H,16,22). The van der Waals surface area contributed by atoms with Crippen molar-refractivity contribution in [1.29, 1.82) is 0 Å². The molecule has 1 aliphatic rings. The van der Waals surface area contributed by atoms with Crippen LogP contribution in [0.15, 0.2) is 36.4 Å². The molecule has 3 heterocycles. The monoisotopic (exact) mass is 295 g/mol. The third kappa shape index (κ3) is 2.24. The molecule has 2 N–H and O–H groups in total. The highest BCUT2D eigenvalue weighted by molar-refractivity contribution is 5.94. The topological polar surface area (TPSA) is 97.1 Å². The van der Waals surface area contributed by atoms with E-state index in [9.17, 15) is 4.79 Å². The molecule has 0 radical (unpaired) electrons. The van der Waals surface area contributed by atoms with E-state index in [0.717, 1.165) is 11.3 Å². The molecule has 0 aliphatic carbocycles. The summed E-state index contributed by atoms with van der Waals surface area (Å²) in [7, 11) is 0. The van der Waals surface area contributed by atoms with Crippen LogP contribution >= 0.6 is 0 Å². The van der Waals surface area contributed by atoms with Crippen LogP contribution in [0.1, 0.15) is 17.9 Å². The molecule has 1 amide bonds. The molecule has 8 nitrogen and oxygen atoms in total. The Morgan fingerprint density at radius 1 is 1.27 bits per heavy atom. The third-order valence-electron chi connectivity index (χ3n) is 3.71. The normalized spacial score (nSPS) is 17.1. The smallest absolute Gasteiger partial charge is 0.225 e. The van der Waals surface area contributed by atoms with E-state index in [0.29, 0.717) is 24.4 Å². The summed E-state index contributed by atoms with van der Waals surface area (Å²) < 4.78 is 1.36. The van der Waals surface area contributed by atoms with Crippen LogP contribution in [0.5, 0.6) is 0 Å². The molecule has 2 aromatic heterocycles. The largest absolute Gasteiger partial charge is 0.368 e. The van der Waals surface area contributed by atoms with Gasteiger partial charge in [-0.25, -0.2) is 0 Å². The summed E-state index contributed by atoms with van der Waals surface area (Å²) in [6.45, 7) is 0.616. The van der Waals surface area contributed by atoms with Crippen molar-refractivity contribution in [3.8, 4) is 0 Å². The zero-order valence-corrected chi connectivity index (χ0v) is 11.6. The SMILES string of the molecule is O=C1CC(CNc2ccc3nnnn3n2)c2ccccc2N1. The third-order valence-corrected chi connectivity index (χ3v) is 3.71. The van der Waals surface area contributed by atoms with Gasteiger partial charge in [0.15, 0.2) is 5.65 Å². The first-order valence-corrected chi connectivity index (χ1v) is 6.98. The summed E-state index contributed by atoms with van der Waals surface area (Å²) in [5.74, 6) is 0.814. The Balaban J connectivity index is 1.54. The number of fused-ring (bicyclic) bond motifs is 2. The molecule has 1 aliphatic heterocycles. The number of amides is 1. The fourth-order valence-electron chi connectivity index (χ4n) is 2.66. The van der Waals surface area contributed by atoms with Crippen molar-refractivity contribution in [1.82, 2.24) is 25.3 Å². The first kappa shape index (κ1) is 12.7. The van der Waals surface area contributed by atoms with Gasteiger partial charge in [0.05, 0.1) is 0 Å². The van der Waals surface area contributed by atoms with Gasteiger partial charge < -0.3 is 10.6 Å². The van der Waals surface area contributed by atoms with Crippen molar-refractivity contribution >= 4 is 23.1 Å². The van der Waals surface area contributed by atoms with Gasteiger partial charge in [0.2, 0.25) is 5.91 Å². The lowest BCUT2D eigenvalue weighted by atomic mass is 9.90. The molecular weight excluding hydrogens is 282 g/mol. The zero-order valence-electron chi connectivity index (χ0n) is 11.6. The molecule has 0 bridgehead atoms. The van der Waals surface area contributed by atoms with Gasteiger partial charge in [-0.05, 0) is 34.2 Å². The first-order valence-electron chi connectivity index (χ1n) is 6.98. The Hall–Kier alpha value is -3.03. The molecule has 1 unspecified atom stereocenters. The summed E-state index contributed by atoms with van der Waals surface area (Å²) >= 11 is 0. The van der Waals surface area contributed by atoms with E-state index in [4.69, 9.17) is 0 Å². The zero-order chi connectivity index (χ0) is 14.9. The summed E-state index contributed by atoms with van der Waals surface area (Å²) in [6, 6.07) is 11.5. The molecule has 0 spiro atoms. The number of tetrazole rings is 1. The molecule has 0 fully saturated rings. The van der Waals surface area contributed by atoms with Crippen molar-refractivity contribution in [2.24, 2.45) is 0 Å². The molecule has 0 saturated carbocycles. The maximum absolute atomic E-state index is 11.8. The van der Waals surface area contributed by atoms with Crippen LogP contribution in [0.25, 0.3) is 5.65 Å². The molecule has 0 saturated heterocycles. The van der Waals surface area contributed by atoms with Crippen molar-refractivity contribution in [2.75, 3.05) is 17.2 Å². The lowest BCUT2D eigenvalue weighted by Gasteiger charge is -2.25.